The van der Waals surface area contributed by atoms with Crippen molar-refractivity contribution >= 4 is 22.8 Å². The van der Waals surface area contributed by atoms with Crippen LogP contribution in [0.2, 0.25) is 0 Å². The molecule has 3 rings (SSSR count). The van der Waals surface area contributed by atoms with E-state index in [0.717, 1.165) is 16.8 Å². The van der Waals surface area contributed by atoms with E-state index in [4.69, 9.17) is 0 Å². The van der Waals surface area contributed by atoms with Gasteiger partial charge in [0.1, 0.15) is 5.82 Å². The van der Waals surface area contributed by atoms with Gasteiger partial charge in [-0.05, 0) is 42.2 Å². The molecule has 1 heterocycles. The Kier molecular flexibility index (Phi) is 3.90. The van der Waals surface area contributed by atoms with Crippen LogP contribution in [-0.2, 0) is 0 Å². The van der Waals surface area contributed by atoms with Crippen LogP contribution in [0.3, 0.4) is 0 Å². The quantitative estimate of drug-likeness (QED) is 0.642. The topological polar surface area (TPSA) is 48.4 Å². The van der Waals surface area contributed by atoms with E-state index in [1.54, 1.807) is 12.3 Å². The van der Waals surface area contributed by atoms with Crippen molar-refractivity contribution in [3.05, 3.63) is 58.9 Å². The summed E-state index contributed by atoms with van der Waals surface area (Å²) >= 11 is 0. The molecule has 4 heteroatoms. The van der Waals surface area contributed by atoms with Crippen molar-refractivity contribution in [2.45, 2.75) is 26.7 Å². The average molecular weight is 310 g/mol. The molecule has 3 aromatic rings. The van der Waals surface area contributed by atoms with Gasteiger partial charge in [0.05, 0.1) is 11.3 Å². The Morgan fingerprint density at radius 3 is 2.74 bits per heavy atom. The van der Waals surface area contributed by atoms with Crippen molar-refractivity contribution in [3.63, 3.8) is 0 Å². The van der Waals surface area contributed by atoms with E-state index in [9.17, 15) is 9.50 Å². The summed E-state index contributed by atoms with van der Waals surface area (Å²) in [6.45, 7) is 6.24. The lowest BCUT2D eigenvalue weighted by atomic mass is 9.98. The van der Waals surface area contributed by atoms with E-state index in [2.05, 4.69) is 29.9 Å². The number of para-hydroxylation sites is 1. The second kappa shape index (κ2) is 5.88. The van der Waals surface area contributed by atoms with Crippen LogP contribution in [0, 0.1) is 12.7 Å². The normalized spacial score (nSPS) is 11.9. The zero-order valence-corrected chi connectivity index (χ0v) is 13.4. The fourth-order valence-electron chi connectivity index (χ4n) is 2.75. The number of fused-ring (bicyclic) bond motifs is 1. The van der Waals surface area contributed by atoms with Gasteiger partial charge in [0.15, 0.2) is 5.88 Å². The van der Waals surface area contributed by atoms with Gasteiger partial charge < -0.3 is 10.1 Å². The summed E-state index contributed by atoms with van der Waals surface area (Å²) in [4.78, 5) is 7.42. The summed E-state index contributed by atoms with van der Waals surface area (Å²) in [5, 5.41) is 10.7. The lowest BCUT2D eigenvalue weighted by Gasteiger charge is -2.11. The van der Waals surface area contributed by atoms with Crippen LogP contribution in [0.15, 0.2) is 41.4 Å². The van der Waals surface area contributed by atoms with Crippen molar-refractivity contribution in [2.75, 3.05) is 0 Å². The van der Waals surface area contributed by atoms with Crippen LogP contribution in [0.5, 0.6) is 5.88 Å². The maximum atomic E-state index is 13.5. The van der Waals surface area contributed by atoms with Crippen LogP contribution >= 0.6 is 0 Å². The van der Waals surface area contributed by atoms with Gasteiger partial charge in [-0.25, -0.2) is 4.39 Å². The molecular formula is C19H19FN2O. The van der Waals surface area contributed by atoms with Gasteiger partial charge in [-0.3, -0.25) is 4.99 Å². The van der Waals surface area contributed by atoms with Gasteiger partial charge in [0.2, 0.25) is 0 Å². The highest BCUT2D eigenvalue weighted by Crippen LogP contribution is 2.31. The number of aromatic amines is 1. The Morgan fingerprint density at radius 1 is 1.22 bits per heavy atom. The first-order valence-corrected chi connectivity index (χ1v) is 7.61. The van der Waals surface area contributed by atoms with E-state index >= 15 is 0 Å². The van der Waals surface area contributed by atoms with Crippen molar-refractivity contribution in [1.29, 1.82) is 0 Å². The molecule has 0 atom stereocenters. The first kappa shape index (κ1) is 15.3. The van der Waals surface area contributed by atoms with Gasteiger partial charge in [0, 0.05) is 17.1 Å². The van der Waals surface area contributed by atoms with Gasteiger partial charge in [-0.1, -0.05) is 32.0 Å². The molecule has 0 fully saturated rings. The number of aromatic nitrogens is 1. The number of aliphatic imine (C=N–C) groups is 1. The number of benzene rings is 2. The standard InChI is InChI=1S/C19H19FN2O/c1-11(2)14-6-4-5-12(3)18(14)21-10-16-15-9-13(20)7-8-17(15)22-19(16)23/h4-11,22-23H,1-3H3. The molecule has 2 aromatic carbocycles. The number of aryl methyl sites for hydroxylation is 1. The van der Waals surface area contributed by atoms with Crippen LogP contribution in [0.1, 0.15) is 36.5 Å². The SMILES string of the molecule is Cc1cccc(C(C)C)c1N=Cc1c(O)[nH]c2ccc(F)cc12. The number of H-pyrrole nitrogens is 1. The summed E-state index contributed by atoms with van der Waals surface area (Å²) < 4.78 is 13.5. The fraction of sp³-hybridized carbons (Fsp3) is 0.211. The number of nitrogens with zero attached hydrogens (tertiary/aromatic N) is 1. The fourth-order valence-corrected chi connectivity index (χ4v) is 2.75. The predicted molar refractivity (Wildman–Crippen MR) is 92.4 cm³/mol. The number of aromatic hydroxyl groups is 1. The Labute approximate surface area is 134 Å². The maximum Gasteiger partial charge on any atom is 0.198 e. The monoisotopic (exact) mass is 310 g/mol. The number of nitrogens with one attached hydrogen (secondary N) is 1. The number of hydrogen-bond acceptors (Lipinski definition) is 2. The van der Waals surface area contributed by atoms with E-state index in [1.807, 2.05) is 19.1 Å². The van der Waals surface area contributed by atoms with Gasteiger partial charge in [-0.15, -0.1) is 0 Å². The average Bonchev–Trinajstić information content (AvgIpc) is 2.81. The molecule has 0 spiro atoms. The molecule has 23 heavy (non-hydrogen) atoms. The second-order valence-electron chi connectivity index (χ2n) is 6.00. The summed E-state index contributed by atoms with van der Waals surface area (Å²) in [5.74, 6) is -0.00463. The van der Waals surface area contributed by atoms with Crippen molar-refractivity contribution in [2.24, 2.45) is 4.99 Å². The highest BCUT2D eigenvalue weighted by atomic mass is 19.1. The minimum atomic E-state index is -0.343. The molecule has 0 amide bonds. The number of halogens is 1. The van der Waals surface area contributed by atoms with Gasteiger partial charge >= 0.3 is 0 Å². The molecule has 0 saturated carbocycles. The largest absolute Gasteiger partial charge is 0.494 e. The van der Waals surface area contributed by atoms with Gasteiger partial charge in [0.25, 0.3) is 0 Å². The smallest absolute Gasteiger partial charge is 0.198 e. The zero-order chi connectivity index (χ0) is 16.6. The number of hydrogen-bond donors (Lipinski definition) is 2. The third kappa shape index (κ3) is 2.84. The van der Waals surface area contributed by atoms with E-state index in [1.165, 1.54) is 12.1 Å². The molecular weight excluding hydrogens is 291 g/mol. The highest BCUT2D eigenvalue weighted by Gasteiger charge is 2.11. The molecule has 0 unspecified atom stereocenters. The summed E-state index contributed by atoms with van der Waals surface area (Å²) in [5.41, 5.74) is 4.29. The Bertz CT molecular complexity index is 894. The summed E-state index contributed by atoms with van der Waals surface area (Å²) in [6.07, 6.45) is 1.60. The Hall–Kier alpha value is -2.62. The Morgan fingerprint density at radius 2 is 2.00 bits per heavy atom. The first-order chi connectivity index (χ1) is 11.0. The predicted octanol–water partition coefficient (Wildman–Crippen LogP) is 5.20. The Balaban J connectivity index is 2.11. The molecule has 0 aliphatic carbocycles. The molecule has 0 radical (unpaired) electrons. The zero-order valence-electron chi connectivity index (χ0n) is 13.4. The molecule has 1 aromatic heterocycles. The number of rotatable bonds is 3. The van der Waals surface area contributed by atoms with E-state index in [-0.39, 0.29) is 11.7 Å². The molecule has 0 saturated heterocycles. The first-order valence-electron chi connectivity index (χ1n) is 7.61. The third-order valence-corrected chi connectivity index (χ3v) is 3.99. The molecule has 0 aliphatic rings. The molecule has 0 bridgehead atoms. The minimum absolute atomic E-state index is 0.00553. The minimum Gasteiger partial charge on any atom is -0.494 e. The lowest BCUT2D eigenvalue weighted by molar-refractivity contribution is 0.457. The summed E-state index contributed by atoms with van der Waals surface area (Å²) in [6, 6.07) is 10.4. The molecule has 0 aliphatic heterocycles. The maximum absolute atomic E-state index is 13.5. The van der Waals surface area contributed by atoms with Crippen LogP contribution < -0.4 is 0 Å². The molecule has 3 nitrogen and oxygen atoms in total. The van der Waals surface area contributed by atoms with Crippen molar-refractivity contribution < 1.29 is 9.50 Å². The molecule has 2 N–H and O–H groups in total. The highest BCUT2D eigenvalue weighted by molar-refractivity contribution is 6.02. The van der Waals surface area contributed by atoms with Crippen LogP contribution in [0.4, 0.5) is 10.1 Å². The van der Waals surface area contributed by atoms with E-state index < -0.39 is 0 Å². The second-order valence-corrected chi connectivity index (χ2v) is 6.00. The van der Waals surface area contributed by atoms with Crippen molar-refractivity contribution in [1.82, 2.24) is 4.98 Å². The van der Waals surface area contributed by atoms with E-state index in [0.29, 0.717) is 22.4 Å². The molecule has 118 valence electrons. The summed E-state index contributed by atoms with van der Waals surface area (Å²) in [7, 11) is 0. The lowest BCUT2D eigenvalue weighted by Crippen LogP contribution is -1.91. The van der Waals surface area contributed by atoms with Gasteiger partial charge in [-0.2, -0.15) is 0 Å². The van der Waals surface area contributed by atoms with Crippen LogP contribution in [-0.4, -0.2) is 16.3 Å². The third-order valence-electron chi connectivity index (χ3n) is 3.99. The van der Waals surface area contributed by atoms with Crippen LogP contribution in [0.25, 0.3) is 10.9 Å². The van der Waals surface area contributed by atoms with Crippen molar-refractivity contribution in [3.8, 4) is 5.88 Å².